The highest BCUT2D eigenvalue weighted by molar-refractivity contribution is 5.76. The molecule has 0 aliphatic carbocycles. The topological polar surface area (TPSA) is 86.1 Å². The smallest absolute Gasteiger partial charge is 0.267 e. The van der Waals surface area contributed by atoms with Crippen molar-refractivity contribution in [1.29, 1.82) is 0 Å². The molecule has 0 radical (unpaired) electrons. The number of aryl methyl sites for hydroxylation is 2. The molecule has 0 aromatic carbocycles. The van der Waals surface area contributed by atoms with E-state index in [-0.39, 0.29) is 30.7 Å². The standard InChI is InChI=1S/C16H20N4O3/c1-11-8-16(22)20(19-12(11)2)9-15(21)18-14(10-23-3)13-6-4-5-7-17-13/h4-8,14H,9-10H2,1-3H3,(H,18,21)/t14-/m1/s1. The van der Waals surface area contributed by atoms with Crippen LogP contribution in [0.3, 0.4) is 0 Å². The van der Waals surface area contributed by atoms with Crippen molar-refractivity contribution >= 4 is 5.91 Å². The average molecular weight is 316 g/mol. The van der Waals surface area contributed by atoms with Crippen LogP contribution in [0.1, 0.15) is 23.0 Å². The Kier molecular flexibility index (Phi) is 5.59. The fourth-order valence-corrected chi connectivity index (χ4v) is 2.11. The number of pyridine rings is 1. The van der Waals surface area contributed by atoms with Crippen LogP contribution >= 0.6 is 0 Å². The van der Waals surface area contributed by atoms with Crippen LogP contribution < -0.4 is 10.9 Å². The third-order valence-corrected chi connectivity index (χ3v) is 3.44. The number of nitrogens with one attached hydrogen (secondary N) is 1. The molecular weight excluding hydrogens is 296 g/mol. The zero-order chi connectivity index (χ0) is 16.8. The quantitative estimate of drug-likeness (QED) is 0.850. The predicted octanol–water partition coefficient (Wildman–Crippen LogP) is 0.759. The van der Waals surface area contributed by atoms with Crippen LogP contribution in [0.15, 0.2) is 35.3 Å². The number of aromatic nitrogens is 3. The minimum absolute atomic E-state index is 0.146. The van der Waals surface area contributed by atoms with Crippen LogP contribution in [-0.2, 0) is 16.1 Å². The summed E-state index contributed by atoms with van der Waals surface area (Å²) in [6, 6.07) is 6.54. The van der Waals surface area contributed by atoms with Gasteiger partial charge < -0.3 is 10.1 Å². The van der Waals surface area contributed by atoms with Crippen molar-refractivity contribution in [1.82, 2.24) is 20.1 Å². The van der Waals surface area contributed by atoms with Gasteiger partial charge in [0.2, 0.25) is 5.91 Å². The van der Waals surface area contributed by atoms with E-state index >= 15 is 0 Å². The van der Waals surface area contributed by atoms with Gasteiger partial charge in [0, 0.05) is 19.4 Å². The normalized spacial score (nSPS) is 12.0. The monoisotopic (exact) mass is 316 g/mol. The summed E-state index contributed by atoms with van der Waals surface area (Å²) in [6.07, 6.45) is 1.65. The second-order valence-electron chi connectivity index (χ2n) is 5.24. The molecule has 0 fully saturated rings. The van der Waals surface area contributed by atoms with E-state index in [1.807, 2.05) is 19.1 Å². The number of hydrogen-bond donors (Lipinski definition) is 1. The molecule has 0 aliphatic heterocycles. The van der Waals surface area contributed by atoms with Crippen molar-refractivity contribution in [2.45, 2.75) is 26.4 Å². The van der Waals surface area contributed by atoms with E-state index in [2.05, 4.69) is 15.4 Å². The fraction of sp³-hybridized carbons (Fsp3) is 0.375. The Labute approximate surface area is 134 Å². The first-order valence-electron chi connectivity index (χ1n) is 7.26. The number of ether oxygens (including phenoxy) is 1. The predicted molar refractivity (Wildman–Crippen MR) is 85.0 cm³/mol. The first-order valence-corrected chi connectivity index (χ1v) is 7.26. The van der Waals surface area contributed by atoms with E-state index < -0.39 is 0 Å². The van der Waals surface area contributed by atoms with Gasteiger partial charge in [-0.15, -0.1) is 0 Å². The van der Waals surface area contributed by atoms with Crippen LogP contribution in [0.5, 0.6) is 0 Å². The number of carbonyl (C=O) groups excluding carboxylic acids is 1. The molecule has 0 bridgehead atoms. The van der Waals surface area contributed by atoms with Crippen molar-refractivity contribution in [2.24, 2.45) is 0 Å². The highest BCUT2D eigenvalue weighted by atomic mass is 16.5. The number of nitrogens with zero attached hydrogens (tertiary/aromatic N) is 3. The van der Waals surface area contributed by atoms with E-state index in [1.54, 1.807) is 26.3 Å². The first kappa shape index (κ1) is 16.8. The first-order chi connectivity index (χ1) is 11.0. The number of carbonyl (C=O) groups is 1. The molecule has 122 valence electrons. The lowest BCUT2D eigenvalue weighted by Crippen LogP contribution is -2.37. The number of amides is 1. The Morgan fingerprint density at radius 2 is 2.17 bits per heavy atom. The molecule has 23 heavy (non-hydrogen) atoms. The summed E-state index contributed by atoms with van der Waals surface area (Å²) in [4.78, 5) is 28.3. The molecule has 0 aliphatic rings. The SMILES string of the molecule is COC[C@@H](NC(=O)Cn1nc(C)c(C)cc1=O)c1ccccn1. The molecule has 0 unspecified atom stereocenters. The van der Waals surface area contributed by atoms with E-state index in [0.29, 0.717) is 5.69 Å². The maximum Gasteiger partial charge on any atom is 0.267 e. The summed E-state index contributed by atoms with van der Waals surface area (Å²) in [5.41, 5.74) is 1.92. The van der Waals surface area contributed by atoms with Gasteiger partial charge in [-0.1, -0.05) is 6.07 Å². The molecule has 1 N–H and O–H groups in total. The maximum atomic E-state index is 12.2. The van der Waals surface area contributed by atoms with Crippen molar-refractivity contribution in [3.05, 3.63) is 57.8 Å². The minimum Gasteiger partial charge on any atom is -0.382 e. The van der Waals surface area contributed by atoms with E-state index in [1.165, 1.54) is 6.07 Å². The van der Waals surface area contributed by atoms with Crippen molar-refractivity contribution in [3.8, 4) is 0 Å². The maximum absolute atomic E-state index is 12.2. The second kappa shape index (κ2) is 7.64. The van der Waals surface area contributed by atoms with E-state index in [9.17, 15) is 9.59 Å². The second-order valence-corrected chi connectivity index (χ2v) is 5.24. The van der Waals surface area contributed by atoms with Crippen LogP contribution in [0, 0.1) is 13.8 Å². The van der Waals surface area contributed by atoms with Crippen LogP contribution in [0.4, 0.5) is 0 Å². The Balaban J connectivity index is 2.11. The molecule has 1 atom stereocenters. The molecule has 2 rings (SSSR count). The lowest BCUT2D eigenvalue weighted by atomic mass is 10.2. The average Bonchev–Trinajstić information content (AvgIpc) is 2.53. The molecular formula is C16H20N4O3. The largest absolute Gasteiger partial charge is 0.382 e. The summed E-state index contributed by atoms with van der Waals surface area (Å²) < 4.78 is 6.28. The van der Waals surface area contributed by atoms with Gasteiger partial charge in [-0.05, 0) is 31.5 Å². The van der Waals surface area contributed by atoms with E-state index in [0.717, 1.165) is 15.9 Å². The molecule has 7 nitrogen and oxygen atoms in total. The van der Waals surface area contributed by atoms with E-state index in [4.69, 9.17) is 4.74 Å². The van der Waals surface area contributed by atoms with Crippen LogP contribution in [-0.4, -0.2) is 34.4 Å². The summed E-state index contributed by atoms with van der Waals surface area (Å²) in [5.74, 6) is -0.324. The summed E-state index contributed by atoms with van der Waals surface area (Å²) in [6.45, 7) is 3.75. The fourth-order valence-electron chi connectivity index (χ4n) is 2.11. The third kappa shape index (κ3) is 4.46. The Morgan fingerprint density at radius 3 is 2.83 bits per heavy atom. The molecule has 0 spiro atoms. The molecule has 0 saturated carbocycles. The molecule has 2 aromatic heterocycles. The summed E-state index contributed by atoms with van der Waals surface area (Å²) in [7, 11) is 1.55. The van der Waals surface area contributed by atoms with Gasteiger partial charge in [0.15, 0.2) is 0 Å². The molecule has 2 heterocycles. The minimum atomic E-state index is -0.379. The number of methoxy groups -OCH3 is 1. The van der Waals surface area contributed by atoms with Gasteiger partial charge >= 0.3 is 0 Å². The van der Waals surface area contributed by atoms with Gasteiger partial charge in [0.05, 0.1) is 24.0 Å². The van der Waals surface area contributed by atoms with Gasteiger partial charge in [0.1, 0.15) is 6.54 Å². The van der Waals surface area contributed by atoms with Crippen molar-refractivity contribution in [2.75, 3.05) is 13.7 Å². The molecule has 1 amide bonds. The van der Waals surface area contributed by atoms with Gasteiger partial charge in [0.25, 0.3) is 5.56 Å². The van der Waals surface area contributed by atoms with Crippen LogP contribution in [0.25, 0.3) is 0 Å². The zero-order valence-electron chi connectivity index (χ0n) is 13.4. The molecule has 7 heteroatoms. The highest BCUT2D eigenvalue weighted by Gasteiger charge is 2.16. The van der Waals surface area contributed by atoms with Crippen molar-refractivity contribution < 1.29 is 9.53 Å². The zero-order valence-corrected chi connectivity index (χ0v) is 13.4. The lowest BCUT2D eigenvalue weighted by Gasteiger charge is -2.17. The van der Waals surface area contributed by atoms with Gasteiger partial charge in [-0.25, -0.2) is 4.68 Å². The Bertz CT molecular complexity index is 728. The molecule has 0 saturated heterocycles. The van der Waals surface area contributed by atoms with Crippen LogP contribution in [0.2, 0.25) is 0 Å². The Morgan fingerprint density at radius 1 is 1.39 bits per heavy atom. The highest BCUT2D eigenvalue weighted by Crippen LogP contribution is 2.09. The van der Waals surface area contributed by atoms with Crippen molar-refractivity contribution in [3.63, 3.8) is 0 Å². The third-order valence-electron chi connectivity index (χ3n) is 3.44. The molecule has 2 aromatic rings. The number of rotatable bonds is 6. The van der Waals surface area contributed by atoms with Gasteiger partial charge in [-0.2, -0.15) is 5.10 Å². The number of hydrogen-bond acceptors (Lipinski definition) is 5. The van der Waals surface area contributed by atoms with Gasteiger partial charge in [-0.3, -0.25) is 14.6 Å². The summed E-state index contributed by atoms with van der Waals surface area (Å²) in [5, 5.41) is 6.95. The lowest BCUT2D eigenvalue weighted by molar-refractivity contribution is -0.123. The summed E-state index contributed by atoms with van der Waals surface area (Å²) >= 11 is 0. The Hall–Kier alpha value is -2.54.